The number of rotatable bonds is 5. The average Bonchev–Trinajstić information content (AvgIpc) is 2.97. The van der Waals surface area contributed by atoms with Gasteiger partial charge in [0, 0.05) is 28.6 Å². The number of nitrogens with one attached hydrogen (secondary N) is 1. The Kier molecular flexibility index (Phi) is 6.17. The second-order valence-electron chi connectivity index (χ2n) is 7.90. The van der Waals surface area contributed by atoms with Crippen LogP contribution >= 0.6 is 0 Å². The van der Waals surface area contributed by atoms with Crippen molar-refractivity contribution in [2.45, 2.75) is 58.4 Å². The van der Waals surface area contributed by atoms with Crippen LogP contribution in [-0.2, 0) is 9.59 Å². The van der Waals surface area contributed by atoms with Crippen molar-refractivity contribution < 1.29 is 9.59 Å². The first kappa shape index (κ1) is 20.1. The Bertz CT molecular complexity index is 926. The van der Waals surface area contributed by atoms with E-state index in [2.05, 4.69) is 5.32 Å². The highest BCUT2D eigenvalue weighted by Gasteiger charge is 2.25. The van der Waals surface area contributed by atoms with Crippen LogP contribution in [-0.4, -0.2) is 16.4 Å². The van der Waals surface area contributed by atoms with Crippen molar-refractivity contribution in [2.24, 2.45) is 17.6 Å². The summed E-state index contributed by atoms with van der Waals surface area (Å²) in [5, 5.41) is 4.14. The number of primary amides is 1. The SMILES string of the molecule is C[C@H](C(N)=O)n1ccc2c(NC(=O)[C@H](C)C3CCCCCC3)cccc2c1=O. The highest BCUT2D eigenvalue weighted by molar-refractivity contribution is 6.02. The predicted octanol–water partition coefficient (Wildman–Crippen LogP) is 3.59. The molecule has 3 rings (SSSR count). The van der Waals surface area contributed by atoms with Crippen LogP contribution in [0.2, 0.25) is 0 Å². The average molecular weight is 383 g/mol. The van der Waals surface area contributed by atoms with Gasteiger partial charge in [0.2, 0.25) is 11.8 Å². The minimum Gasteiger partial charge on any atom is -0.368 e. The number of anilines is 1. The molecule has 0 saturated heterocycles. The summed E-state index contributed by atoms with van der Waals surface area (Å²) >= 11 is 0. The van der Waals surface area contributed by atoms with E-state index in [0.717, 1.165) is 12.8 Å². The molecule has 0 aliphatic heterocycles. The monoisotopic (exact) mass is 383 g/mol. The number of amides is 2. The number of carbonyl (C=O) groups is 2. The summed E-state index contributed by atoms with van der Waals surface area (Å²) in [4.78, 5) is 37.1. The standard InChI is InChI=1S/C22H29N3O3/c1-14(16-8-5-3-4-6-9-16)21(27)24-19-11-7-10-18-17(19)12-13-25(22(18)28)15(2)20(23)26/h7,10-16H,3-6,8-9H2,1-2H3,(H2,23,26)(H,24,27)/t14-,15-/m1/s1. The normalized spacial score (nSPS) is 17.6. The van der Waals surface area contributed by atoms with Crippen LogP contribution in [0.3, 0.4) is 0 Å². The molecular formula is C22H29N3O3. The fraction of sp³-hybridized carbons (Fsp3) is 0.500. The van der Waals surface area contributed by atoms with Crippen molar-refractivity contribution >= 4 is 28.3 Å². The highest BCUT2D eigenvalue weighted by Crippen LogP contribution is 2.30. The Balaban J connectivity index is 1.87. The molecule has 0 unspecified atom stereocenters. The quantitative estimate of drug-likeness (QED) is 0.773. The van der Waals surface area contributed by atoms with Gasteiger partial charge in [-0.2, -0.15) is 0 Å². The van der Waals surface area contributed by atoms with E-state index in [1.54, 1.807) is 37.4 Å². The van der Waals surface area contributed by atoms with Gasteiger partial charge in [-0.1, -0.05) is 38.7 Å². The van der Waals surface area contributed by atoms with Crippen molar-refractivity contribution in [1.82, 2.24) is 4.57 Å². The van der Waals surface area contributed by atoms with Crippen LogP contribution in [0.1, 0.15) is 58.4 Å². The molecule has 6 nitrogen and oxygen atoms in total. The number of carbonyl (C=O) groups excluding carboxylic acids is 2. The number of benzene rings is 1. The molecule has 1 heterocycles. The summed E-state index contributed by atoms with van der Waals surface area (Å²) in [6.07, 6.45) is 8.64. The van der Waals surface area contributed by atoms with Gasteiger partial charge in [-0.15, -0.1) is 0 Å². The number of hydrogen-bond acceptors (Lipinski definition) is 3. The maximum atomic E-state index is 12.9. The summed E-state index contributed by atoms with van der Waals surface area (Å²) in [7, 11) is 0. The number of aromatic nitrogens is 1. The summed E-state index contributed by atoms with van der Waals surface area (Å²) in [5.41, 5.74) is 5.67. The summed E-state index contributed by atoms with van der Waals surface area (Å²) < 4.78 is 1.32. The van der Waals surface area contributed by atoms with Gasteiger partial charge in [-0.05, 0) is 43.9 Å². The first-order valence-corrected chi connectivity index (χ1v) is 10.1. The zero-order valence-corrected chi connectivity index (χ0v) is 16.6. The lowest BCUT2D eigenvalue weighted by Crippen LogP contribution is -2.32. The molecule has 0 radical (unpaired) electrons. The second kappa shape index (κ2) is 8.59. The van der Waals surface area contributed by atoms with E-state index in [1.165, 1.54) is 30.3 Å². The Morgan fingerprint density at radius 1 is 1.07 bits per heavy atom. The van der Waals surface area contributed by atoms with Gasteiger partial charge in [-0.25, -0.2) is 0 Å². The molecule has 6 heteroatoms. The molecule has 1 aliphatic carbocycles. The Morgan fingerprint density at radius 3 is 2.39 bits per heavy atom. The fourth-order valence-electron chi connectivity index (χ4n) is 4.12. The number of fused-ring (bicyclic) bond motifs is 1. The van der Waals surface area contributed by atoms with Gasteiger partial charge in [0.05, 0.1) is 0 Å². The molecule has 1 fully saturated rings. The van der Waals surface area contributed by atoms with Gasteiger partial charge in [0.1, 0.15) is 6.04 Å². The molecule has 0 bridgehead atoms. The number of nitrogens with two attached hydrogens (primary N) is 1. The molecule has 1 aliphatic rings. The smallest absolute Gasteiger partial charge is 0.259 e. The summed E-state index contributed by atoms with van der Waals surface area (Å²) in [6.45, 7) is 3.59. The fourth-order valence-corrected chi connectivity index (χ4v) is 4.12. The van der Waals surface area contributed by atoms with Crippen LogP contribution in [0.5, 0.6) is 0 Å². The van der Waals surface area contributed by atoms with Gasteiger partial charge < -0.3 is 15.6 Å². The van der Waals surface area contributed by atoms with Crippen molar-refractivity contribution in [3.05, 3.63) is 40.8 Å². The lowest BCUT2D eigenvalue weighted by Gasteiger charge is -2.22. The van der Waals surface area contributed by atoms with E-state index in [9.17, 15) is 14.4 Å². The van der Waals surface area contributed by atoms with Gasteiger partial charge in [0.15, 0.2) is 0 Å². The van der Waals surface area contributed by atoms with Crippen molar-refractivity contribution in [1.29, 1.82) is 0 Å². The van der Waals surface area contributed by atoms with Gasteiger partial charge in [0.25, 0.3) is 5.56 Å². The Hall–Kier alpha value is -2.63. The molecule has 1 aromatic carbocycles. The van der Waals surface area contributed by atoms with Crippen molar-refractivity contribution in [3.63, 3.8) is 0 Å². The molecule has 2 amide bonds. The van der Waals surface area contributed by atoms with E-state index in [4.69, 9.17) is 5.73 Å². The maximum absolute atomic E-state index is 12.9. The molecule has 2 atom stereocenters. The molecule has 1 aromatic heterocycles. The van der Waals surface area contributed by atoms with Crippen molar-refractivity contribution in [3.8, 4) is 0 Å². The molecule has 3 N–H and O–H groups in total. The van der Waals surface area contributed by atoms with Crippen LogP contribution < -0.4 is 16.6 Å². The summed E-state index contributed by atoms with van der Waals surface area (Å²) in [5.74, 6) is -0.230. The third kappa shape index (κ3) is 4.11. The zero-order valence-electron chi connectivity index (χ0n) is 16.6. The minimum atomic E-state index is -0.731. The second-order valence-corrected chi connectivity index (χ2v) is 7.90. The largest absolute Gasteiger partial charge is 0.368 e. The summed E-state index contributed by atoms with van der Waals surface area (Å²) in [6, 6.07) is 6.27. The third-order valence-corrected chi connectivity index (χ3v) is 6.08. The van der Waals surface area contributed by atoms with E-state index < -0.39 is 11.9 Å². The van der Waals surface area contributed by atoms with Crippen LogP contribution in [0.15, 0.2) is 35.3 Å². The van der Waals surface area contributed by atoms with Crippen LogP contribution in [0, 0.1) is 11.8 Å². The van der Waals surface area contributed by atoms with Crippen LogP contribution in [0.25, 0.3) is 10.8 Å². The van der Waals surface area contributed by atoms with Gasteiger partial charge >= 0.3 is 0 Å². The predicted molar refractivity (Wildman–Crippen MR) is 111 cm³/mol. The number of nitrogens with zero attached hydrogens (tertiary/aromatic N) is 1. The lowest BCUT2D eigenvalue weighted by atomic mass is 9.87. The highest BCUT2D eigenvalue weighted by atomic mass is 16.2. The van der Waals surface area contributed by atoms with E-state index in [-0.39, 0.29) is 17.4 Å². The topological polar surface area (TPSA) is 94.2 Å². The molecule has 2 aromatic rings. The zero-order chi connectivity index (χ0) is 20.3. The molecule has 28 heavy (non-hydrogen) atoms. The first-order chi connectivity index (χ1) is 13.4. The number of pyridine rings is 1. The molecule has 0 spiro atoms. The van der Waals surface area contributed by atoms with E-state index >= 15 is 0 Å². The molecular weight excluding hydrogens is 354 g/mol. The third-order valence-electron chi connectivity index (χ3n) is 6.08. The Morgan fingerprint density at radius 2 is 1.75 bits per heavy atom. The van der Waals surface area contributed by atoms with Gasteiger partial charge in [-0.3, -0.25) is 14.4 Å². The first-order valence-electron chi connectivity index (χ1n) is 10.1. The van der Waals surface area contributed by atoms with Crippen molar-refractivity contribution in [2.75, 3.05) is 5.32 Å². The van der Waals surface area contributed by atoms with E-state index in [1.807, 2.05) is 6.92 Å². The maximum Gasteiger partial charge on any atom is 0.259 e. The lowest BCUT2D eigenvalue weighted by molar-refractivity contribution is -0.121. The van der Waals surface area contributed by atoms with E-state index in [0.29, 0.717) is 22.4 Å². The Labute approximate surface area is 165 Å². The molecule has 1 saturated carbocycles. The van der Waals surface area contributed by atoms with Crippen LogP contribution in [0.4, 0.5) is 5.69 Å². The molecule has 150 valence electrons. The minimum absolute atomic E-state index is 0.00548. The number of hydrogen-bond donors (Lipinski definition) is 2.